The summed E-state index contributed by atoms with van der Waals surface area (Å²) in [5.74, 6) is 0.330. The van der Waals surface area contributed by atoms with Crippen LogP contribution in [0.4, 0.5) is 5.95 Å². The van der Waals surface area contributed by atoms with Gasteiger partial charge in [-0.3, -0.25) is 0 Å². The number of aliphatic hydroxyl groups is 1. The normalized spacial score (nSPS) is 23.3. The fourth-order valence-electron chi connectivity index (χ4n) is 3.14. The van der Waals surface area contributed by atoms with Crippen LogP contribution in [0, 0.1) is 5.92 Å². The largest absolute Gasteiger partial charge is 0.391 e. The molecule has 7 heteroatoms. The van der Waals surface area contributed by atoms with Crippen LogP contribution in [0.3, 0.4) is 0 Å². The topological polar surface area (TPSA) is 99.1 Å². The average molecular weight is 325 g/mol. The summed E-state index contributed by atoms with van der Waals surface area (Å²) in [6.07, 6.45) is 3.63. The van der Waals surface area contributed by atoms with E-state index in [1.807, 2.05) is 34.9 Å². The summed E-state index contributed by atoms with van der Waals surface area (Å²) in [5, 5.41) is 10.5. The first-order chi connectivity index (χ1) is 11.7. The Kier molecular flexibility index (Phi) is 3.87. The summed E-state index contributed by atoms with van der Waals surface area (Å²) in [7, 11) is 0. The van der Waals surface area contributed by atoms with Gasteiger partial charge in [-0.1, -0.05) is 30.3 Å². The highest BCUT2D eigenvalue weighted by molar-refractivity contribution is 5.70. The third-order valence-corrected chi connectivity index (χ3v) is 4.56. The third-order valence-electron chi connectivity index (χ3n) is 4.56. The second kappa shape index (κ2) is 6.18. The lowest BCUT2D eigenvalue weighted by Gasteiger charge is -2.41. The predicted octanol–water partition coefficient (Wildman–Crippen LogP) is 1.55. The van der Waals surface area contributed by atoms with Crippen LogP contribution in [-0.4, -0.2) is 37.3 Å². The Balaban J connectivity index is 1.37. The van der Waals surface area contributed by atoms with E-state index in [-0.39, 0.29) is 17.9 Å². The number of benzene rings is 1. The molecule has 3 N–H and O–H groups in total. The van der Waals surface area contributed by atoms with Gasteiger partial charge in [-0.2, -0.15) is 4.98 Å². The number of hydrogen-bond acceptors (Lipinski definition) is 6. The number of fused-ring (bicyclic) bond motifs is 1. The van der Waals surface area contributed by atoms with E-state index in [0.29, 0.717) is 24.4 Å². The van der Waals surface area contributed by atoms with Crippen LogP contribution in [0.2, 0.25) is 0 Å². The molecule has 124 valence electrons. The van der Waals surface area contributed by atoms with E-state index >= 15 is 0 Å². The Morgan fingerprint density at radius 1 is 1.25 bits per heavy atom. The van der Waals surface area contributed by atoms with Crippen molar-refractivity contribution >= 4 is 17.1 Å². The van der Waals surface area contributed by atoms with Gasteiger partial charge in [-0.05, 0) is 12.0 Å². The summed E-state index contributed by atoms with van der Waals surface area (Å²) >= 11 is 0. The quantitative estimate of drug-likeness (QED) is 0.738. The number of aromatic nitrogens is 4. The smallest absolute Gasteiger partial charge is 0.222 e. The Labute approximate surface area is 139 Å². The highest BCUT2D eigenvalue weighted by atomic mass is 16.5. The second-order valence-corrected chi connectivity index (χ2v) is 6.14. The van der Waals surface area contributed by atoms with E-state index in [1.54, 1.807) is 12.5 Å². The molecule has 7 nitrogen and oxygen atoms in total. The standard InChI is InChI=1S/C17H19N5O2/c18-17-19-7-13-16(21-17)22(10-20-13)14-6-12(15(14)23)9-24-8-11-4-2-1-3-5-11/h1-5,7,10,12,14-15,23H,6,8-9H2,(H2,18,19,21). The molecule has 4 rings (SSSR count). The van der Waals surface area contributed by atoms with Crippen molar-refractivity contribution in [1.82, 2.24) is 19.5 Å². The van der Waals surface area contributed by atoms with Crippen molar-refractivity contribution in [3.63, 3.8) is 0 Å². The zero-order chi connectivity index (χ0) is 16.5. The number of anilines is 1. The van der Waals surface area contributed by atoms with Gasteiger partial charge in [0.05, 0.1) is 37.9 Å². The van der Waals surface area contributed by atoms with Gasteiger partial charge in [0.25, 0.3) is 0 Å². The first-order valence-corrected chi connectivity index (χ1v) is 7.97. The van der Waals surface area contributed by atoms with Gasteiger partial charge < -0.3 is 20.1 Å². The lowest BCUT2D eigenvalue weighted by Crippen LogP contribution is -2.45. The van der Waals surface area contributed by atoms with Gasteiger partial charge in [0.2, 0.25) is 5.95 Å². The lowest BCUT2D eigenvalue weighted by atomic mass is 9.77. The maximum atomic E-state index is 10.5. The molecule has 0 saturated heterocycles. The van der Waals surface area contributed by atoms with Crippen molar-refractivity contribution in [2.75, 3.05) is 12.3 Å². The summed E-state index contributed by atoms with van der Waals surface area (Å²) in [6.45, 7) is 1.10. The lowest BCUT2D eigenvalue weighted by molar-refractivity contribution is -0.0740. The minimum atomic E-state index is -0.477. The first kappa shape index (κ1) is 15.0. The molecule has 0 radical (unpaired) electrons. The van der Waals surface area contributed by atoms with Crippen LogP contribution in [0.15, 0.2) is 42.9 Å². The molecule has 24 heavy (non-hydrogen) atoms. The zero-order valence-corrected chi connectivity index (χ0v) is 13.1. The maximum Gasteiger partial charge on any atom is 0.222 e. The molecule has 1 fully saturated rings. The van der Waals surface area contributed by atoms with Crippen molar-refractivity contribution in [2.24, 2.45) is 5.92 Å². The van der Waals surface area contributed by atoms with E-state index < -0.39 is 6.10 Å². The minimum Gasteiger partial charge on any atom is -0.391 e. The number of nitrogen functional groups attached to an aromatic ring is 1. The van der Waals surface area contributed by atoms with Crippen LogP contribution in [0.25, 0.3) is 11.2 Å². The Morgan fingerprint density at radius 2 is 2.08 bits per heavy atom. The molecular weight excluding hydrogens is 306 g/mol. The van der Waals surface area contributed by atoms with Crippen LogP contribution < -0.4 is 5.73 Å². The van der Waals surface area contributed by atoms with Crippen molar-refractivity contribution in [3.05, 3.63) is 48.4 Å². The summed E-state index contributed by atoms with van der Waals surface area (Å²) in [5.41, 5.74) is 8.13. The molecule has 3 aromatic rings. The SMILES string of the molecule is Nc1ncc2ncn(C3CC(COCc4ccccc4)C3O)c2n1. The van der Waals surface area contributed by atoms with E-state index in [1.165, 1.54) is 0 Å². The number of nitrogens with two attached hydrogens (primary N) is 1. The molecule has 0 aliphatic heterocycles. The highest BCUT2D eigenvalue weighted by Gasteiger charge is 2.41. The summed E-state index contributed by atoms with van der Waals surface area (Å²) < 4.78 is 7.62. The van der Waals surface area contributed by atoms with Gasteiger partial charge in [-0.15, -0.1) is 0 Å². The van der Waals surface area contributed by atoms with Gasteiger partial charge in [0.1, 0.15) is 5.52 Å². The van der Waals surface area contributed by atoms with E-state index in [2.05, 4.69) is 15.0 Å². The first-order valence-electron chi connectivity index (χ1n) is 7.97. The van der Waals surface area contributed by atoms with Gasteiger partial charge >= 0.3 is 0 Å². The summed E-state index contributed by atoms with van der Waals surface area (Å²) in [6, 6.07) is 9.98. The Bertz CT molecular complexity index is 835. The molecule has 0 amide bonds. The van der Waals surface area contributed by atoms with Crippen LogP contribution in [0.5, 0.6) is 0 Å². The minimum absolute atomic E-state index is 0.0466. The molecular formula is C17H19N5O2. The molecule has 0 spiro atoms. The highest BCUT2D eigenvalue weighted by Crippen LogP contribution is 2.39. The fourth-order valence-corrected chi connectivity index (χ4v) is 3.14. The molecule has 1 aromatic carbocycles. The number of hydrogen-bond donors (Lipinski definition) is 2. The van der Waals surface area contributed by atoms with Crippen molar-refractivity contribution in [2.45, 2.75) is 25.2 Å². The maximum absolute atomic E-state index is 10.5. The Hall–Kier alpha value is -2.51. The van der Waals surface area contributed by atoms with E-state index in [9.17, 15) is 5.11 Å². The molecule has 3 atom stereocenters. The Morgan fingerprint density at radius 3 is 2.88 bits per heavy atom. The number of ether oxygens (including phenoxy) is 1. The molecule has 1 aliphatic rings. The molecule has 2 aromatic heterocycles. The number of rotatable bonds is 5. The molecule has 3 unspecified atom stereocenters. The number of imidazole rings is 1. The number of aliphatic hydroxyl groups excluding tert-OH is 1. The van der Waals surface area contributed by atoms with Gasteiger partial charge in [0, 0.05) is 5.92 Å². The predicted molar refractivity (Wildman–Crippen MR) is 89.0 cm³/mol. The van der Waals surface area contributed by atoms with E-state index in [4.69, 9.17) is 10.5 Å². The van der Waals surface area contributed by atoms with Gasteiger partial charge in [-0.25, -0.2) is 9.97 Å². The van der Waals surface area contributed by atoms with Crippen molar-refractivity contribution in [3.8, 4) is 0 Å². The van der Waals surface area contributed by atoms with Crippen LogP contribution in [0.1, 0.15) is 18.0 Å². The second-order valence-electron chi connectivity index (χ2n) is 6.14. The molecule has 2 heterocycles. The molecule has 0 bridgehead atoms. The van der Waals surface area contributed by atoms with Gasteiger partial charge in [0.15, 0.2) is 5.65 Å². The summed E-state index contributed by atoms with van der Waals surface area (Å²) in [4.78, 5) is 12.4. The molecule has 1 aliphatic carbocycles. The van der Waals surface area contributed by atoms with Crippen LogP contribution in [-0.2, 0) is 11.3 Å². The van der Waals surface area contributed by atoms with Crippen molar-refractivity contribution < 1.29 is 9.84 Å². The zero-order valence-electron chi connectivity index (χ0n) is 13.1. The average Bonchev–Trinajstić information content (AvgIpc) is 3.00. The van der Waals surface area contributed by atoms with Crippen molar-refractivity contribution in [1.29, 1.82) is 0 Å². The third kappa shape index (κ3) is 2.72. The number of nitrogens with zero attached hydrogens (tertiary/aromatic N) is 4. The van der Waals surface area contributed by atoms with Crippen LogP contribution >= 0.6 is 0 Å². The monoisotopic (exact) mass is 325 g/mol. The molecule has 1 saturated carbocycles. The van der Waals surface area contributed by atoms with E-state index in [0.717, 1.165) is 12.0 Å². The fraction of sp³-hybridized carbons (Fsp3) is 0.353.